The lowest BCUT2D eigenvalue weighted by Crippen LogP contribution is -2.00. The average Bonchev–Trinajstić information content (AvgIpc) is 2.75. The second-order valence-electron chi connectivity index (χ2n) is 4.98. The first-order valence-electron chi connectivity index (χ1n) is 6.40. The number of nitrogens with zero attached hydrogens (tertiary/aromatic N) is 2. The van der Waals surface area contributed by atoms with Gasteiger partial charge in [-0.15, -0.1) is 11.6 Å². The summed E-state index contributed by atoms with van der Waals surface area (Å²) in [6, 6.07) is 12.1. The molecule has 0 fully saturated rings. The van der Waals surface area contributed by atoms with E-state index in [9.17, 15) is 0 Å². The number of benzene rings is 2. The van der Waals surface area contributed by atoms with Crippen LogP contribution >= 0.6 is 23.2 Å². The van der Waals surface area contributed by atoms with E-state index >= 15 is 0 Å². The maximum atomic E-state index is 6.12. The van der Waals surface area contributed by atoms with Gasteiger partial charge in [-0.05, 0) is 55.3 Å². The fourth-order valence-electron chi connectivity index (χ4n) is 2.56. The molecule has 1 heterocycles. The Morgan fingerprint density at radius 2 is 1.75 bits per heavy atom. The van der Waals surface area contributed by atoms with Crippen molar-refractivity contribution in [2.75, 3.05) is 0 Å². The van der Waals surface area contributed by atoms with Gasteiger partial charge in [-0.2, -0.15) is 0 Å². The smallest absolute Gasteiger partial charge is 0.129 e. The van der Waals surface area contributed by atoms with Gasteiger partial charge in [-0.1, -0.05) is 17.7 Å². The fraction of sp³-hybridized carbons (Fsp3) is 0.188. The zero-order chi connectivity index (χ0) is 14.3. The normalized spacial score (nSPS) is 11.2. The molecule has 0 saturated heterocycles. The van der Waals surface area contributed by atoms with Crippen molar-refractivity contribution in [3.63, 3.8) is 0 Å². The predicted molar refractivity (Wildman–Crippen MR) is 85.1 cm³/mol. The Morgan fingerprint density at radius 3 is 2.40 bits per heavy atom. The monoisotopic (exact) mass is 304 g/mol. The molecule has 0 bridgehead atoms. The summed E-state index contributed by atoms with van der Waals surface area (Å²) >= 11 is 12.2. The highest BCUT2D eigenvalue weighted by atomic mass is 35.5. The molecule has 20 heavy (non-hydrogen) atoms. The maximum absolute atomic E-state index is 6.12. The van der Waals surface area contributed by atoms with E-state index in [1.807, 2.05) is 18.2 Å². The molecule has 3 rings (SSSR count). The molecule has 0 N–H and O–H groups in total. The SMILES string of the molecule is Cc1cc(C)cc(-n2c(CCl)nc3ccc(Cl)cc32)c1. The van der Waals surface area contributed by atoms with Crippen LogP contribution in [-0.2, 0) is 5.88 Å². The van der Waals surface area contributed by atoms with Crippen LogP contribution in [0.5, 0.6) is 0 Å². The van der Waals surface area contributed by atoms with Crippen LogP contribution in [0.25, 0.3) is 16.7 Å². The molecule has 102 valence electrons. The fourth-order valence-corrected chi connectivity index (χ4v) is 2.90. The molecule has 1 aromatic heterocycles. The predicted octanol–water partition coefficient (Wildman–Crippen LogP) is 5.03. The van der Waals surface area contributed by atoms with Crippen molar-refractivity contribution in [1.82, 2.24) is 9.55 Å². The summed E-state index contributed by atoms with van der Waals surface area (Å²) in [5.41, 5.74) is 5.39. The van der Waals surface area contributed by atoms with Gasteiger partial charge in [0, 0.05) is 10.7 Å². The van der Waals surface area contributed by atoms with Crippen LogP contribution in [-0.4, -0.2) is 9.55 Å². The van der Waals surface area contributed by atoms with Crippen molar-refractivity contribution >= 4 is 34.2 Å². The molecule has 0 spiro atoms. The number of halogens is 2. The number of fused-ring (bicyclic) bond motifs is 1. The van der Waals surface area contributed by atoms with Gasteiger partial charge < -0.3 is 0 Å². The molecule has 0 unspecified atom stereocenters. The van der Waals surface area contributed by atoms with Crippen molar-refractivity contribution in [2.45, 2.75) is 19.7 Å². The maximum Gasteiger partial charge on any atom is 0.129 e. The van der Waals surface area contributed by atoms with Crippen molar-refractivity contribution in [3.8, 4) is 5.69 Å². The molecule has 3 aromatic rings. The third-order valence-corrected chi connectivity index (χ3v) is 3.74. The lowest BCUT2D eigenvalue weighted by Gasteiger charge is -2.10. The standard InChI is InChI=1S/C16H14Cl2N2/c1-10-5-11(2)7-13(6-10)20-15-8-12(18)3-4-14(15)19-16(20)9-17/h3-8H,9H2,1-2H3. The van der Waals surface area contributed by atoms with Gasteiger partial charge in [0.1, 0.15) is 5.82 Å². The van der Waals surface area contributed by atoms with E-state index in [1.54, 1.807) is 0 Å². The summed E-state index contributed by atoms with van der Waals surface area (Å²) in [6.07, 6.45) is 0. The molecule has 2 nitrogen and oxygen atoms in total. The first kappa shape index (κ1) is 13.5. The molecule has 0 saturated carbocycles. The van der Waals surface area contributed by atoms with Gasteiger partial charge in [0.25, 0.3) is 0 Å². The minimum Gasteiger partial charge on any atom is -0.295 e. The molecule has 0 aliphatic heterocycles. The second kappa shape index (κ2) is 5.12. The zero-order valence-electron chi connectivity index (χ0n) is 11.3. The third-order valence-electron chi connectivity index (χ3n) is 3.27. The summed E-state index contributed by atoms with van der Waals surface area (Å²) in [6.45, 7) is 4.17. The number of aromatic nitrogens is 2. The summed E-state index contributed by atoms with van der Waals surface area (Å²) in [5.74, 6) is 1.19. The zero-order valence-corrected chi connectivity index (χ0v) is 12.8. The molecule has 0 aliphatic carbocycles. The van der Waals surface area contributed by atoms with E-state index < -0.39 is 0 Å². The first-order valence-corrected chi connectivity index (χ1v) is 7.31. The average molecular weight is 305 g/mol. The minimum atomic E-state index is 0.360. The van der Waals surface area contributed by atoms with E-state index in [-0.39, 0.29) is 0 Å². The second-order valence-corrected chi connectivity index (χ2v) is 5.68. The van der Waals surface area contributed by atoms with Gasteiger partial charge >= 0.3 is 0 Å². The molecular weight excluding hydrogens is 291 g/mol. The van der Waals surface area contributed by atoms with E-state index in [1.165, 1.54) is 11.1 Å². The summed E-state index contributed by atoms with van der Waals surface area (Å²) < 4.78 is 2.08. The molecule has 0 radical (unpaired) electrons. The summed E-state index contributed by atoms with van der Waals surface area (Å²) in [7, 11) is 0. The number of hydrogen-bond acceptors (Lipinski definition) is 1. The lowest BCUT2D eigenvalue weighted by atomic mass is 10.1. The van der Waals surface area contributed by atoms with Gasteiger partial charge in [0.2, 0.25) is 0 Å². The number of hydrogen-bond donors (Lipinski definition) is 0. The van der Waals surface area contributed by atoms with Gasteiger partial charge in [-0.25, -0.2) is 4.98 Å². The van der Waals surface area contributed by atoms with E-state index in [4.69, 9.17) is 23.2 Å². The summed E-state index contributed by atoms with van der Waals surface area (Å²) in [5, 5.41) is 0.698. The van der Waals surface area contributed by atoms with E-state index in [0.29, 0.717) is 10.9 Å². The number of aryl methyl sites for hydroxylation is 2. The third kappa shape index (κ3) is 2.30. The van der Waals surface area contributed by atoms with Crippen molar-refractivity contribution in [3.05, 3.63) is 58.4 Å². The Balaban J connectivity index is 2.35. The highest BCUT2D eigenvalue weighted by Gasteiger charge is 2.12. The van der Waals surface area contributed by atoms with Crippen molar-refractivity contribution < 1.29 is 0 Å². The van der Waals surface area contributed by atoms with Gasteiger partial charge in [-0.3, -0.25) is 4.57 Å². The molecular formula is C16H14Cl2N2. The van der Waals surface area contributed by atoms with Crippen LogP contribution in [0.3, 0.4) is 0 Å². The largest absolute Gasteiger partial charge is 0.295 e. The number of alkyl halides is 1. The molecule has 4 heteroatoms. The Morgan fingerprint density at radius 1 is 1.05 bits per heavy atom. The van der Waals surface area contributed by atoms with Crippen molar-refractivity contribution in [1.29, 1.82) is 0 Å². The Bertz CT molecular complexity index is 770. The quantitative estimate of drug-likeness (QED) is 0.607. The Hall–Kier alpha value is -1.51. The first-order chi connectivity index (χ1) is 9.58. The van der Waals surface area contributed by atoms with Crippen LogP contribution in [0.4, 0.5) is 0 Å². The Kier molecular flexibility index (Phi) is 3.45. The van der Waals surface area contributed by atoms with Crippen LogP contribution in [0.1, 0.15) is 17.0 Å². The van der Waals surface area contributed by atoms with Crippen LogP contribution < -0.4 is 0 Å². The molecule has 0 atom stereocenters. The van der Waals surface area contributed by atoms with Gasteiger partial charge in [0.05, 0.1) is 16.9 Å². The molecule has 2 aromatic carbocycles. The van der Waals surface area contributed by atoms with E-state index in [2.05, 4.69) is 41.6 Å². The molecule has 0 aliphatic rings. The van der Waals surface area contributed by atoms with Crippen LogP contribution in [0.15, 0.2) is 36.4 Å². The van der Waals surface area contributed by atoms with E-state index in [0.717, 1.165) is 22.5 Å². The highest BCUT2D eigenvalue weighted by molar-refractivity contribution is 6.31. The van der Waals surface area contributed by atoms with Gasteiger partial charge in [0.15, 0.2) is 0 Å². The van der Waals surface area contributed by atoms with Crippen molar-refractivity contribution in [2.24, 2.45) is 0 Å². The number of imidazole rings is 1. The summed E-state index contributed by atoms with van der Waals surface area (Å²) in [4.78, 5) is 4.58. The van der Waals surface area contributed by atoms with Crippen LogP contribution in [0, 0.1) is 13.8 Å². The lowest BCUT2D eigenvalue weighted by molar-refractivity contribution is 0.978. The Labute approximate surface area is 128 Å². The minimum absolute atomic E-state index is 0.360. The topological polar surface area (TPSA) is 17.8 Å². The number of rotatable bonds is 2. The highest BCUT2D eigenvalue weighted by Crippen LogP contribution is 2.26. The molecule has 0 amide bonds. The van der Waals surface area contributed by atoms with Crippen LogP contribution in [0.2, 0.25) is 5.02 Å².